The number of phenolic OH excluding ortho intramolecular Hbond substituents is 1. The van der Waals surface area contributed by atoms with E-state index in [9.17, 15) is 5.11 Å². The Hall–Kier alpha value is -5.66. The Morgan fingerprint density at radius 1 is 0.522 bits per heavy atom. The average Bonchev–Trinajstić information content (AvgIpc) is 3.10. The van der Waals surface area contributed by atoms with Gasteiger partial charge in [0.05, 0.1) is 0 Å². The standard InChI is InChI=1S/C45H32O/c1-28-11-8-21-39-40(27-32-14-10-22-41(46)44(32)42(28)39)45-37-18-6-4-16-35(37)43(36-17-5-7-19-38(36)45)31-25-23-30(24-26-31)34-20-9-13-29-12-2-3-15-33(29)34/h2-10,12-28,46H,11H2,1H3. The highest BCUT2D eigenvalue weighted by Gasteiger charge is 2.25. The van der Waals surface area contributed by atoms with Gasteiger partial charge in [0.15, 0.2) is 0 Å². The first-order chi connectivity index (χ1) is 22.7. The van der Waals surface area contributed by atoms with Gasteiger partial charge >= 0.3 is 0 Å². The largest absolute Gasteiger partial charge is 0.507 e. The van der Waals surface area contributed by atoms with Crippen LogP contribution >= 0.6 is 0 Å². The summed E-state index contributed by atoms with van der Waals surface area (Å²) in [4.78, 5) is 0. The molecule has 0 bridgehead atoms. The Morgan fingerprint density at radius 2 is 1.09 bits per heavy atom. The summed E-state index contributed by atoms with van der Waals surface area (Å²) in [6, 6.07) is 50.2. The van der Waals surface area contributed by atoms with Gasteiger partial charge in [0, 0.05) is 5.39 Å². The van der Waals surface area contributed by atoms with E-state index in [1.165, 1.54) is 76.8 Å². The molecule has 1 nitrogen and oxygen atoms in total. The van der Waals surface area contributed by atoms with E-state index >= 15 is 0 Å². The second-order valence-electron chi connectivity index (χ2n) is 12.6. The van der Waals surface area contributed by atoms with E-state index in [4.69, 9.17) is 0 Å². The van der Waals surface area contributed by atoms with E-state index in [1.807, 2.05) is 12.1 Å². The molecule has 0 saturated carbocycles. The Labute approximate surface area is 268 Å². The van der Waals surface area contributed by atoms with E-state index in [1.54, 1.807) is 0 Å². The van der Waals surface area contributed by atoms with Crippen LogP contribution in [0.3, 0.4) is 0 Å². The minimum Gasteiger partial charge on any atom is -0.507 e. The predicted octanol–water partition coefficient (Wildman–Crippen LogP) is 12.5. The van der Waals surface area contributed by atoms with Crippen LogP contribution in [-0.4, -0.2) is 5.11 Å². The second-order valence-corrected chi connectivity index (χ2v) is 12.6. The Balaban J connectivity index is 1.32. The van der Waals surface area contributed by atoms with Gasteiger partial charge in [-0.1, -0.05) is 146 Å². The van der Waals surface area contributed by atoms with Crippen LogP contribution in [0.25, 0.3) is 82.5 Å². The van der Waals surface area contributed by atoms with Crippen LogP contribution in [0.5, 0.6) is 5.75 Å². The first-order valence-corrected chi connectivity index (χ1v) is 16.1. The lowest BCUT2D eigenvalue weighted by Gasteiger charge is -2.26. The second kappa shape index (κ2) is 10.5. The zero-order valence-corrected chi connectivity index (χ0v) is 25.7. The topological polar surface area (TPSA) is 20.2 Å². The van der Waals surface area contributed by atoms with Gasteiger partial charge in [0.25, 0.3) is 0 Å². The van der Waals surface area contributed by atoms with Crippen LogP contribution in [0, 0.1) is 0 Å². The molecule has 1 heteroatoms. The third kappa shape index (κ3) is 4.02. The smallest absolute Gasteiger partial charge is 0.123 e. The Morgan fingerprint density at radius 3 is 1.80 bits per heavy atom. The molecule has 8 aromatic rings. The fraction of sp³-hybridized carbons (Fsp3) is 0.0667. The molecule has 0 saturated heterocycles. The summed E-state index contributed by atoms with van der Waals surface area (Å²) < 4.78 is 0. The summed E-state index contributed by atoms with van der Waals surface area (Å²) in [6.07, 6.45) is 5.54. The molecule has 1 N–H and O–H groups in total. The summed E-state index contributed by atoms with van der Waals surface area (Å²) >= 11 is 0. The van der Waals surface area contributed by atoms with Crippen molar-refractivity contribution in [3.8, 4) is 39.1 Å². The number of hydrogen-bond acceptors (Lipinski definition) is 1. The molecule has 1 aliphatic rings. The van der Waals surface area contributed by atoms with Gasteiger partial charge in [0.2, 0.25) is 0 Å². The average molecular weight is 589 g/mol. The Kier molecular flexibility index (Phi) is 6.08. The molecule has 0 amide bonds. The van der Waals surface area contributed by atoms with Crippen molar-refractivity contribution in [2.45, 2.75) is 19.3 Å². The van der Waals surface area contributed by atoms with E-state index in [2.05, 4.69) is 146 Å². The molecule has 0 radical (unpaired) electrons. The summed E-state index contributed by atoms with van der Waals surface area (Å²) in [6.45, 7) is 2.28. The molecular formula is C45H32O. The molecule has 1 atom stereocenters. The molecule has 0 aliphatic heterocycles. The number of aromatic hydroxyl groups is 1. The van der Waals surface area contributed by atoms with Gasteiger partial charge in [-0.3, -0.25) is 0 Å². The van der Waals surface area contributed by atoms with Crippen LogP contribution in [0.4, 0.5) is 0 Å². The SMILES string of the molecule is CC1CC=Cc2c(-c3c4ccccc4c(-c4ccc(-c5cccc6ccccc56)cc4)c4ccccc34)cc3cccc(O)c3c21. The number of phenols is 1. The van der Waals surface area contributed by atoms with Crippen molar-refractivity contribution in [1.82, 2.24) is 0 Å². The van der Waals surface area contributed by atoms with Crippen molar-refractivity contribution in [3.63, 3.8) is 0 Å². The lowest BCUT2D eigenvalue weighted by molar-refractivity contribution is 0.481. The third-order valence-electron chi connectivity index (χ3n) is 9.97. The summed E-state index contributed by atoms with van der Waals surface area (Å²) in [5, 5.41) is 20.6. The van der Waals surface area contributed by atoms with Gasteiger partial charge in [0.1, 0.15) is 5.75 Å². The maximum absolute atomic E-state index is 11.0. The normalized spacial score (nSPS) is 14.3. The number of allylic oxidation sites excluding steroid dienone is 1. The molecule has 9 rings (SSSR count). The lowest BCUT2D eigenvalue weighted by Crippen LogP contribution is -2.04. The molecule has 0 fully saturated rings. The predicted molar refractivity (Wildman–Crippen MR) is 197 cm³/mol. The lowest BCUT2D eigenvalue weighted by atomic mass is 9.78. The van der Waals surface area contributed by atoms with Crippen molar-refractivity contribution < 1.29 is 5.11 Å². The number of hydrogen-bond donors (Lipinski definition) is 1. The molecule has 0 spiro atoms. The molecular weight excluding hydrogens is 556 g/mol. The van der Waals surface area contributed by atoms with E-state index in [0.717, 1.165) is 17.2 Å². The summed E-state index contributed by atoms with van der Waals surface area (Å²) in [5.41, 5.74) is 9.88. The first-order valence-electron chi connectivity index (χ1n) is 16.1. The summed E-state index contributed by atoms with van der Waals surface area (Å²) in [5.74, 6) is 0.673. The van der Waals surface area contributed by atoms with Gasteiger partial charge in [-0.05, 0) is 107 Å². The van der Waals surface area contributed by atoms with Crippen molar-refractivity contribution in [2.24, 2.45) is 0 Å². The molecule has 8 aromatic carbocycles. The van der Waals surface area contributed by atoms with Crippen molar-refractivity contribution in [3.05, 3.63) is 157 Å². The number of rotatable bonds is 3. The van der Waals surface area contributed by atoms with Crippen LogP contribution < -0.4 is 0 Å². The molecule has 1 unspecified atom stereocenters. The highest BCUT2D eigenvalue weighted by atomic mass is 16.3. The highest BCUT2D eigenvalue weighted by molar-refractivity contribution is 6.22. The zero-order valence-electron chi connectivity index (χ0n) is 25.7. The van der Waals surface area contributed by atoms with Gasteiger partial charge < -0.3 is 5.11 Å². The molecule has 0 heterocycles. The zero-order chi connectivity index (χ0) is 30.8. The summed E-state index contributed by atoms with van der Waals surface area (Å²) in [7, 11) is 0. The van der Waals surface area contributed by atoms with Gasteiger partial charge in [-0.2, -0.15) is 0 Å². The van der Waals surface area contributed by atoms with Crippen LogP contribution in [0.2, 0.25) is 0 Å². The van der Waals surface area contributed by atoms with Crippen molar-refractivity contribution >= 4 is 49.2 Å². The monoisotopic (exact) mass is 588 g/mol. The van der Waals surface area contributed by atoms with Crippen LogP contribution in [0.1, 0.15) is 30.4 Å². The quantitative estimate of drug-likeness (QED) is 0.204. The van der Waals surface area contributed by atoms with E-state index in [0.29, 0.717) is 11.7 Å². The minimum atomic E-state index is 0.313. The van der Waals surface area contributed by atoms with Crippen LogP contribution in [-0.2, 0) is 0 Å². The van der Waals surface area contributed by atoms with Crippen LogP contribution in [0.15, 0.2) is 146 Å². The molecule has 218 valence electrons. The number of benzene rings is 8. The number of fused-ring (bicyclic) bond motifs is 6. The minimum absolute atomic E-state index is 0.313. The Bertz CT molecular complexity index is 2450. The van der Waals surface area contributed by atoms with E-state index < -0.39 is 0 Å². The maximum Gasteiger partial charge on any atom is 0.123 e. The maximum atomic E-state index is 11.0. The molecule has 0 aromatic heterocycles. The fourth-order valence-corrected chi connectivity index (χ4v) is 7.91. The first kappa shape index (κ1) is 26.7. The van der Waals surface area contributed by atoms with Gasteiger partial charge in [-0.15, -0.1) is 0 Å². The van der Waals surface area contributed by atoms with Gasteiger partial charge in [-0.25, -0.2) is 0 Å². The fourth-order valence-electron chi connectivity index (χ4n) is 7.91. The van der Waals surface area contributed by atoms with Crippen molar-refractivity contribution in [1.29, 1.82) is 0 Å². The molecule has 46 heavy (non-hydrogen) atoms. The highest BCUT2D eigenvalue weighted by Crippen LogP contribution is 2.49. The van der Waals surface area contributed by atoms with E-state index in [-0.39, 0.29) is 0 Å². The van der Waals surface area contributed by atoms with Crippen molar-refractivity contribution in [2.75, 3.05) is 0 Å². The molecule has 1 aliphatic carbocycles. The third-order valence-corrected chi connectivity index (χ3v) is 9.97.